The summed E-state index contributed by atoms with van der Waals surface area (Å²) in [5, 5.41) is 9.82. The second-order valence-electron chi connectivity index (χ2n) is 4.85. The molecule has 0 saturated heterocycles. The van der Waals surface area contributed by atoms with Crippen molar-refractivity contribution in [2.24, 2.45) is 0 Å². The van der Waals surface area contributed by atoms with Gasteiger partial charge in [0, 0.05) is 10.0 Å². The van der Waals surface area contributed by atoms with Crippen LogP contribution in [-0.2, 0) is 6.42 Å². The Morgan fingerprint density at radius 1 is 1.15 bits per heavy atom. The van der Waals surface area contributed by atoms with Gasteiger partial charge in [0.05, 0.1) is 6.10 Å². The Morgan fingerprint density at radius 3 is 2.45 bits per heavy atom. The summed E-state index contributed by atoms with van der Waals surface area (Å²) in [5.74, 6) is 1.47. The van der Waals surface area contributed by atoms with E-state index in [2.05, 4.69) is 35.0 Å². The first kappa shape index (κ1) is 15.1. The number of ether oxygens (including phenoxy) is 1. The van der Waals surface area contributed by atoms with Crippen molar-refractivity contribution in [3.8, 4) is 11.5 Å². The maximum Gasteiger partial charge on any atom is 0.133 e. The fourth-order valence-corrected chi connectivity index (χ4v) is 2.46. The average molecular weight is 335 g/mol. The van der Waals surface area contributed by atoms with Gasteiger partial charge in [-0.1, -0.05) is 41.4 Å². The predicted octanol–water partition coefficient (Wildman–Crippen LogP) is 5.25. The molecule has 2 aromatic rings. The summed E-state index contributed by atoms with van der Waals surface area (Å²) >= 11 is 3.41. The topological polar surface area (TPSA) is 29.5 Å². The van der Waals surface area contributed by atoms with E-state index in [-0.39, 0.29) is 0 Å². The summed E-state index contributed by atoms with van der Waals surface area (Å²) in [6, 6.07) is 13.8. The molecule has 0 amide bonds. The van der Waals surface area contributed by atoms with Crippen LogP contribution < -0.4 is 4.74 Å². The van der Waals surface area contributed by atoms with Gasteiger partial charge in [0.15, 0.2) is 0 Å². The lowest BCUT2D eigenvalue weighted by Gasteiger charge is -2.14. The molecular weight excluding hydrogens is 316 g/mol. The number of hydrogen-bond acceptors (Lipinski definition) is 2. The van der Waals surface area contributed by atoms with E-state index < -0.39 is 6.10 Å². The minimum atomic E-state index is -0.568. The van der Waals surface area contributed by atoms with Crippen LogP contribution in [0.4, 0.5) is 0 Å². The quantitative estimate of drug-likeness (QED) is 0.809. The number of aryl methyl sites for hydroxylation is 1. The van der Waals surface area contributed by atoms with Crippen LogP contribution in [-0.4, -0.2) is 5.11 Å². The predicted molar refractivity (Wildman–Crippen MR) is 85.3 cm³/mol. The standard InChI is InChI=1S/C17H19BrO2/c1-3-4-13-5-8-15(9-6-13)20-17-10-7-14(18)11-16(17)12(2)19/h5-12,19H,3-4H2,1-2H3. The Balaban J connectivity index is 2.21. The van der Waals surface area contributed by atoms with Gasteiger partial charge in [0.2, 0.25) is 0 Å². The third kappa shape index (κ3) is 3.84. The maximum atomic E-state index is 9.82. The lowest BCUT2D eigenvalue weighted by Crippen LogP contribution is -1.96. The van der Waals surface area contributed by atoms with Crippen LogP contribution in [0.5, 0.6) is 11.5 Å². The van der Waals surface area contributed by atoms with Crippen molar-refractivity contribution in [3.63, 3.8) is 0 Å². The molecule has 106 valence electrons. The lowest BCUT2D eigenvalue weighted by atomic mass is 10.1. The van der Waals surface area contributed by atoms with Gasteiger partial charge in [-0.15, -0.1) is 0 Å². The molecule has 2 aromatic carbocycles. The van der Waals surface area contributed by atoms with Crippen molar-refractivity contribution in [1.82, 2.24) is 0 Å². The fourth-order valence-electron chi connectivity index (χ4n) is 2.08. The number of benzene rings is 2. The highest BCUT2D eigenvalue weighted by atomic mass is 79.9. The van der Waals surface area contributed by atoms with Crippen LogP contribution in [0.25, 0.3) is 0 Å². The van der Waals surface area contributed by atoms with Crippen molar-refractivity contribution in [2.45, 2.75) is 32.8 Å². The number of halogens is 1. The molecule has 0 aliphatic rings. The second kappa shape index (κ2) is 6.91. The van der Waals surface area contributed by atoms with Crippen molar-refractivity contribution < 1.29 is 9.84 Å². The smallest absolute Gasteiger partial charge is 0.133 e. The molecule has 20 heavy (non-hydrogen) atoms. The van der Waals surface area contributed by atoms with Crippen LogP contribution in [0.15, 0.2) is 46.9 Å². The molecule has 1 atom stereocenters. The van der Waals surface area contributed by atoms with Crippen LogP contribution in [0, 0.1) is 0 Å². The molecule has 2 nitrogen and oxygen atoms in total. The zero-order chi connectivity index (χ0) is 14.5. The van der Waals surface area contributed by atoms with E-state index >= 15 is 0 Å². The SMILES string of the molecule is CCCc1ccc(Oc2ccc(Br)cc2C(C)O)cc1. The Bertz CT molecular complexity index is 562. The largest absolute Gasteiger partial charge is 0.457 e. The first-order chi connectivity index (χ1) is 9.60. The molecule has 2 rings (SSSR count). The number of aliphatic hydroxyl groups excluding tert-OH is 1. The van der Waals surface area contributed by atoms with Gasteiger partial charge < -0.3 is 9.84 Å². The maximum absolute atomic E-state index is 9.82. The van der Waals surface area contributed by atoms with E-state index in [9.17, 15) is 5.11 Å². The summed E-state index contributed by atoms with van der Waals surface area (Å²) in [4.78, 5) is 0. The molecule has 1 unspecified atom stereocenters. The molecule has 0 bridgehead atoms. The minimum Gasteiger partial charge on any atom is -0.457 e. The molecule has 0 aromatic heterocycles. The van der Waals surface area contributed by atoms with Gasteiger partial charge in [-0.05, 0) is 49.2 Å². The van der Waals surface area contributed by atoms with Gasteiger partial charge in [-0.3, -0.25) is 0 Å². The van der Waals surface area contributed by atoms with Crippen LogP contribution in [0.2, 0.25) is 0 Å². The first-order valence-electron chi connectivity index (χ1n) is 6.84. The highest BCUT2D eigenvalue weighted by Crippen LogP contribution is 2.32. The van der Waals surface area contributed by atoms with Crippen molar-refractivity contribution >= 4 is 15.9 Å². The zero-order valence-electron chi connectivity index (χ0n) is 11.8. The van der Waals surface area contributed by atoms with Gasteiger partial charge in [0.25, 0.3) is 0 Å². The lowest BCUT2D eigenvalue weighted by molar-refractivity contribution is 0.195. The van der Waals surface area contributed by atoms with Crippen molar-refractivity contribution in [3.05, 3.63) is 58.1 Å². The second-order valence-corrected chi connectivity index (χ2v) is 5.77. The highest BCUT2D eigenvalue weighted by molar-refractivity contribution is 9.10. The molecule has 0 aliphatic heterocycles. The Morgan fingerprint density at radius 2 is 1.85 bits per heavy atom. The van der Waals surface area contributed by atoms with E-state index in [1.165, 1.54) is 5.56 Å². The van der Waals surface area contributed by atoms with Gasteiger partial charge in [0.1, 0.15) is 11.5 Å². The monoisotopic (exact) mass is 334 g/mol. The van der Waals surface area contributed by atoms with Gasteiger partial charge >= 0.3 is 0 Å². The molecule has 3 heteroatoms. The summed E-state index contributed by atoms with van der Waals surface area (Å²) in [6.45, 7) is 3.90. The molecular formula is C17H19BrO2. The average Bonchev–Trinajstić information content (AvgIpc) is 2.43. The summed E-state index contributed by atoms with van der Waals surface area (Å²) in [6.07, 6.45) is 1.65. The summed E-state index contributed by atoms with van der Waals surface area (Å²) in [5.41, 5.74) is 2.09. The molecule has 1 N–H and O–H groups in total. The van der Waals surface area contributed by atoms with E-state index in [4.69, 9.17) is 4.74 Å². The van der Waals surface area contributed by atoms with Crippen molar-refractivity contribution in [2.75, 3.05) is 0 Å². The molecule has 0 saturated carbocycles. The molecule has 0 radical (unpaired) electrons. The van der Waals surface area contributed by atoms with Crippen LogP contribution >= 0.6 is 15.9 Å². The number of hydrogen-bond donors (Lipinski definition) is 1. The Hall–Kier alpha value is -1.32. The summed E-state index contributed by atoms with van der Waals surface area (Å²) < 4.78 is 6.81. The minimum absolute atomic E-state index is 0.568. The molecule has 0 spiro atoms. The molecule has 0 fully saturated rings. The van der Waals surface area contributed by atoms with E-state index in [0.717, 1.165) is 28.6 Å². The van der Waals surface area contributed by atoms with E-state index in [1.54, 1.807) is 6.92 Å². The Labute approximate surface area is 128 Å². The van der Waals surface area contributed by atoms with E-state index in [0.29, 0.717) is 5.75 Å². The normalized spacial score (nSPS) is 12.2. The first-order valence-corrected chi connectivity index (χ1v) is 7.63. The highest BCUT2D eigenvalue weighted by Gasteiger charge is 2.10. The van der Waals surface area contributed by atoms with Crippen LogP contribution in [0.1, 0.15) is 37.5 Å². The summed E-state index contributed by atoms with van der Waals surface area (Å²) in [7, 11) is 0. The van der Waals surface area contributed by atoms with Gasteiger partial charge in [-0.2, -0.15) is 0 Å². The number of rotatable bonds is 5. The zero-order valence-corrected chi connectivity index (χ0v) is 13.4. The van der Waals surface area contributed by atoms with Crippen molar-refractivity contribution in [1.29, 1.82) is 0 Å². The fraction of sp³-hybridized carbons (Fsp3) is 0.294. The Kier molecular flexibility index (Phi) is 5.21. The molecule has 0 aliphatic carbocycles. The molecule has 0 heterocycles. The van der Waals surface area contributed by atoms with Gasteiger partial charge in [-0.25, -0.2) is 0 Å². The third-order valence-corrected chi connectivity index (χ3v) is 3.61. The number of aliphatic hydroxyl groups is 1. The van der Waals surface area contributed by atoms with Crippen LogP contribution in [0.3, 0.4) is 0 Å². The third-order valence-electron chi connectivity index (χ3n) is 3.11. The van der Waals surface area contributed by atoms with E-state index in [1.807, 2.05) is 30.3 Å².